The van der Waals surface area contributed by atoms with Gasteiger partial charge in [0.15, 0.2) is 17.5 Å². The summed E-state index contributed by atoms with van der Waals surface area (Å²) in [5.74, 6) is 1.25. The SMILES string of the molecule is FC(F)(F)c1ccccc1-c1cc(-c2nc(-c3ccccc3)nc(-c3ccccc3)n2)ccc1-n1c2ccccc2c2cc3c(cc21)oc1ccccc13. The molecule has 0 saturated carbocycles. The van der Waals surface area contributed by atoms with Crippen LogP contribution in [0.15, 0.2) is 168 Å². The first kappa shape index (κ1) is 31.7. The fraction of sp³-hybridized carbons (Fsp3) is 0.0217. The van der Waals surface area contributed by atoms with E-state index in [0.29, 0.717) is 39.9 Å². The first-order chi connectivity index (χ1) is 26.4. The van der Waals surface area contributed by atoms with Gasteiger partial charge in [-0.1, -0.05) is 115 Å². The van der Waals surface area contributed by atoms with E-state index >= 15 is 0 Å². The average Bonchev–Trinajstić information content (AvgIpc) is 3.74. The number of nitrogens with zero attached hydrogens (tertiary/aromatic N) is 4. The molecule has 0 spiro atoms. The molecule has 0 fully saturated rings. The number of aromatic nitrogens is 4. The lowest BCUT2D eigenvalue weighted by molar-refractivity contribution is -0.137. The molecule has 0 unspecified atom stereocenters. The van der Waals surface area contributed by atoms with E-state index in [1.807, 2.05) is 132 Å². The van der Waals surface area contributed by atoms with E-state index < -0.39 is 11.7 Å². The molecule has 8 heteroatoms. The Hall–Kier alpha value is -7.06. The van der Waals surface area contributed by atoms with Crippen molar-refractivity contribution in [2.75, 3.05) is 0 Å². The van der Waals surface area contributed by atoms with Crippen molar-refractivity contribution < 1.29 is 17.6 Å². The average molecular weight is 709 g/mol. The predicted molar refractivity (Wildman–Crippen MR) is 208 cm³/mol. The van der Waals surface area contributed by atoms with Gasteiger partial charge in [-0.05, 0) is 48.0 Å². The number of rotatable bonds is 5. The van der Waals surface area contributed by atoms with E-state index in [-0.39, 0.29) is 5.56 Å². The lowest BCUT2D eigenvalue weighted by Gasteiger charge is -2.19. The largest absolute Gasteiger partial charge is 0.456 e. The first-order valence-electron chi connectivity index (χ1n) is 17.4. The van der Waals surface area contributed by atoms with Crippen LogP contribution in [0.2, 0.25) is 0 Å². The van der Waals surface area contributed by atoms with Gasteiger partial charge in [0, 0.05) is 49.9 Å². The molecule has 0 aliphatic rings. The van der Waals surface area contributed by atoms with Crippen LogP contribution in [0.1, 0.15) is 5.56 Å². The van der Waals surface area contributed by atoms with Gasteiger partial charge in [-0.15, -0.1) is 0 Å². The number of para-hydroxylation sites is 2. The van der Waals surface area contributed by atoms with Crippen molar-refractivity contribution >= 4 is 43.7 Å². The van der Waals surface area contributed by atoms with Crippen molar-refractivity contribution in [3.63, 3.8) is 0 Å². The first-order valence-corrected chi connectivity index (χ1v) is 17.4. The number of fused-ring (bicyclic) bond motifs is 6. The molecule has 0 bridgehead atoms. The number of furan rings is 1. The normalized spacial score (nSPS) is 12.0. The highest BCUT2D eigenvalue weighted by Crippen LogP contribution is 2.44. The Balaban J connectivity index is 1.27. The summed E-state index contributed by atoms with van der Waals surface area (Å²) < 4.78 is 52.9. The Morgan fingerprint density at radius 1 is 0.426 bits per heavy atom. The third-order valence-electron chi connectivity index (χ3n) is 9.89. The zero-order valence-electron chi connectivity index (χ0n) is 28.4. The van der Waals surface area contributed by atoms with Crippen molar-refractivity contribution in [1.29, 1.82) is 0 Å². The third kappa shape index (κ3) is 5.22. The minimum absolute atomic E-state index is 0.0400. The Morgan fingerprint density at radius 2 is 1.02 bits per heavy atom. The van der Waals surface area contributed by atoms with Crippen LogP contribution < -0.4 is 0 Å². The summed E-state index contributed by atoms with van der Waals surface area (Å²) in [5.41, 5.74) is 5.47. The fourth-order valence-corrected chi connectivity index (χ4v) is 7.44. The van der Waals surface area contributed by atoms with Gasteiger partial charge < -0.3 is 8.98 Å². The third-order valence-corrected chi connectivity index (χ3v) is 9.89. The molecular formula is C46H27F3N4O. The number of hydrogen-bond acceptors (Lipinski definition) is 4. The molecule has 0 atom stereocenters. The van der Waals surface area contributed by atoms with Crippen molar-refractivity contribution in [3.05, 3.63) is 169 Å². The minimum Gasteiger partial charge on any atom is -0.456 e. The number of alkyl halides is 3. The zero-order chi connectivity index (χ0) is 36.4. The van der Waals surface area contributed by atoms with E-state index in [0.717, 1.165) is 55.4 Å². The molecule has 7 aromatic carbocycles. The lowest BCUT2D eigenvalue weighted by atomic mass is 9.95. The van der Waals surface area contributed by atoms with E-state index in [9.17, 15) is 13.2 Å². The smallest absolute Gasteiger partial charge is 0.417 e. The summed E-state index contributed by atoms with van der Waals surface area (Å²) in [5, 5.41) is 3.90. The second-order valence-electron chi connectivity index (χ2n) is 13.1. The Morgan fingerprint density at radius 3 is 1.72 bits per heavy atom. The minimum atomic E-state index is -4.61. The molecule has 0 radical (unpaired) electrons. The molecule has 5 nitrogen and oxygen atoms in total. The van der Waals surface area contributed by atoms with Crippen LogP contribution >= 0.6 is 0 Å². The highest BCUT2D eigenvalue weighted by molar-refractivity contribution is 6.17. The van der Waals surface area contributed by atoms with Gasteiger partial charge in [-0.2, -0.15) is 13.2 Å². The van der Waals surface area contributed by atoms with Gasteiger partial charge in [0.25, 0.3) is 0 Å². The molecule has 54 heavy (non-hydrogen) atoms. The van der Waals surface area contributed by atoms with Gasteiger partial charge in [-0.3, -0.25) is 0 Å². The van der Waals surface area contributed by atoms with Gasteiger partial charge in [-0.25, -0.2) is 15.0 Å². The van der Waals surface area contributed by atoms with Crippen molar-refractivity contribution in [1.82, 2.24) is 19.5 Å². The Kier molecular flexibility index (Phi) is 7.20. The van der Waals surface area contributed by atoms with Crippen LogP contribution in [0.25, 0.3) is 94.7 Å². The van der Waals surface area contributed by atoms with Crippen LogP contribution in [0.3, 0.4) is 0 Å². The fourth-order valence-electron chi connectivity index (χ4n) is 7.44. The Labute approximate surface area is 306 Å². The summed E-state index contributed by atoms with van der Waals surface area (Å²) >= 11 is 0. The molecule has 3 aromatic heterocycles. The van der Waals surface area contributed by atoms with Crippen LogP contribution in [0, 0.1) is 0 Å². The zero-order valence-corrected chi connectivity index (χ0v) is 28.4. The standard InChI is InChI=1S/C46H27F3N4O/c47-46(48,49)37-20-10-7-17-31(37)34-25-30(45-51-43(28-13-3-1-4-14-28)50-44(52-45)29-15-5-2-6-16-29)23-24-39(34)53-38-21-11-8-18-32(38)35-26-36-33-19-9-12-22-41(33)54-42(36)27-40(35)53/h1-27H. The monoisotopic (exact) mass is 708 g/mol. The molecule has 0 aliphatic carbocycles. The maximum Gasteiger partial charge on any atom is 0.417 e. The van der Waals surface area contributed by atoms with Gasteiger partial charge in [0.2, 0.25) is 0 Å². The second kappa shape index (κ2) is 12.3. The topological polar surface area (TPSA) is 56.7 Å². The van der Waals surface area contributed by atoms with Crippen molar-refractivity contribution in [2.45, 2.75) is 6.18 Å². The van der Waals surface area contributed by atoms with E-state index in [1.165, 1.54) is 12.1 Å². The Bertz CT molecular complexity index is 2980. The van der Waals surface area contributed by atoms with Gasteiger partial charge in [0.05, 0.1) is 22.3 Å². The number of hydrogen-bond donors (Lipinski definition) is 0. The predicted octanol–water partition coefficient (Wildman–Crippen LogP) is 12.6. The summed E-state index contributed by atoms with van der Waals surface area (Å²) in [4.78, 5) is 14.6. The van der Waals surface area contributed by atoms with Gasteiger partial charge in [0.1, 0.15) is 11.2 Å². The quantitative estimate of drug-likeness (QED) is 0.179. The van der Waals surface area contributed by atoms with Crippen molar-refractivity contribution in [3.8, 4) is 51.0 Å². The van der Waals surface area contributed by atoms with E-state index in [4.69, 9.17) is 19.4 Å². The molecule has 3 heterocycles. The molecular weight excluding hydrogens is 682 g/mol. The molecule has 0 amide bonds. The molecule has 10 aromatic rings. The van der Waals surface area contributed by atoms with Crippen molar-refractivity contribution in [2.24, 2.45) is 0 Å². The van der Waals surface area contributed by atoms with E-state index in [2.05, 4.69) is 6.07 Å². The summed E-state index contributed by atoms with van der Waals surface area (Å²) in [7, 11) is 0. The van der Waals surface area contributed by atoms with Gasteiger partial charge >= 0.3 is 6.18 Å². The number of benzene rings is 7. The van der Waals surface area contributed by atoms with Crippen LogP contribution in [-0.4, -0.2) is 19.5 Å². The number of halogens is 3. The molecule has 10 rings (SSSR count). The summed E-state index contributed by atoms with van der Waals surface area (Å²) in [6.07, 6.45) is -4.61. The van der Waals surface area contributed by atoms with E-state index in [1.54, 1.807) is 12.1 Å². The second-order valence-corrected chi connectivity index (χ2v) is 13.1. The molecule has 0 aliphatic heterocycles. The highest BCUT2D eigenvalue weighted by atomic mass is 19.4. The van der Waals surface area contributed by atoms with Crippen LogP contribution in [0.5, 0.6) is 0 Å². The maximum atomic E-state index is 14.8. The van der Waals surface area contributed by atoms with Crippen LogP contribution in [-0.2, 0) is 6.18 Å². The highest BCUT2D eigenvalue weighted by Gasteiger charge is 2.34. The molecule has 0 saturated heterocycles. The molecule has 258 valence electrons. The summed E-state index contributed by atoms with van der Waals surface area (Å²) in [6.45, 7) is 0. The molecule has 0 N–H and O–H groups in total. The van der Waals surface area contributed by atoms with Crippen LogP contribution in [0.4, 0.5) is 13.2 Å². The maximum absolute atomic E-state index is 14.8. The summed E-state index contributed by atoms with van der Waals surface area (Å²) in [6, 6.07) is 50.3. The lowest BCUT2D eigenvalue weighted by Crippen LogP contribution is -2.08.